The van der Waals surface area contributed by atoms with E-state index in [1.165, 1.54) is 161 Å². The molecule has 0 aliphatic rings. The number of rotatable bonds is 24. The zero-order valence-electron chi connectivity index (χ0n) is 22.2. The van der Waals surface area contributed by atoms with Crippen LogP contribution in [0.5, 0.6) is 0 Å². The van der Waals surface area contributed by atoms with E-state index in [1.807, 2.05) is 0 Å². The summed E-state index contributed by atoms with van der Waals surface area (Å²) in [7, 11) is 0. The van der Waals surface area contributed by atoms with Gasteiger partial charge in [0.2, 0.25) is 0 Å². The second-order valence-corrected chi connectivity index (χ2v) is 11.4. The fourth-order valence-electron chi connectivity index (χ4n) is 4.62. The lowest BCUT2D eigenvalue weighted by Crippen LogP contribution is -2.03. The molecule has 0 N–H and O–H groups in total. The number of unbranched alkanes of at least 4 members (excludes halogenated alkanes) is 23. The Hall–Kier alpha value is 0. The van der Waals surface area contributed by atoms with Crippen molar-refractivity contribution in [3.05, 3.63) is 0 Å². The van der Waals surface area contributed by atoms with Crippen LogP contribution in [0.1, 0.15) is 188 Å². The topological polar surface area (TPSA) is 0 Å². The molecule has 0 bridgehead atoms. The molecule has 0 aromatic carbocycles. The van der Waals surface area contributed by atoms with Crippen LogP contribution in [0.2, 0.25) is 0 Å². The Kier molecular flexibility index (Phi) is 23.7. The Labute approximate surface area is 193 Å². The van der Waals surface area contributed by atoms with Crippen molar-refractivity contribution in [3.8, 4) is 0 Å². The summed E-state index contributed by atoms with van der Waals surface area (Å²) >= 11 is 0. The predicted molar refractivity (Wildman–Crippen MR) is 141 cm³/mol. The first kappa shape index (κ1) is 30.0. The minimum Gasteiger partial charge on any atom is -0.0654 e. The normalized spacial score (nSPS) is 12.0. The lowest BCUT2D eigenvalue weighted by molar-refractivity contribution is 0.356. The van der Waals surface area contributed by atoms with Gasteiger partial charge in [0.05, 0.1) is 0 Å². The van der Waals surface area contributed by atoms with Crippen LogP contribution < -0.4 is 0 Å². The highest BCUT2D eigenvalue weighted by Gasteiger charge is 2.08. The average molecular weight is 423 g/mol. The van der Waals surface area contributed by atoms with Gasteiger partial charge in [-0.3, -0.25) is 0 Å². The lowest BCUT2D eigenvalue weighted by atomic mass is 9.89. The minimum atomic E-state index is 0.535. The summed E-state index contributed by atoms with van der Waals surface area (Å²) in [6.45, 7) is 9.40. The SMILES string of the molecule is CCCCCCCCCCCCCCCCCCCCCCCCCCC(C)(C)C. The Morgan fingerprint density at radius 3 is 0.700 bits per heavy atom. The van der Waals surface area contributed by atoms with Gasteiger partial charge in [0.25, 0.3) is 0 Å². The number of hydrogen-bond acceptors (Lipinski definition) is 0. The van der Waals surface area contributed by atoms with Gasteiger partial charge in [-0.05, 0) is 11.8 Å². The molecule has 0 spiro atoms. The van der Waals surface area contributed by atoms with Gasteiger partial charge in [-0.1, -0.05) is 182 Å². The predicted octanol–water partition coefficient (Wildman–Crippen LogP) is 11.8. The highest BCUT2D eigenvalue weighted by atomic mass is 14.1. The summed E-state index contributed by atoms with van der Waals surface area (Å²) in [5, 5.41) is 0. The zero-order chi connectivity index (χ0) is 22.2. The third kappa shape index (κ3) is 28.0. The summed E-state index contributed by atoms with van der Waals surface area (Å²) < 4.78 is 0. The smallest absolute Gasteiger partial charge is 0.0383 e. The molecule has 0 atom stereocenters. The maximum atomic E-state index is 2.37. The molecule has 0 saturated heterocycles. The van der Waals surface area contributed by atoms with Gasteiger partial charge in [-0.25, -0.2) is 0 Å². The summed E-state index contributed by atoms with van der Waals surface area (Å²) in [5.74, 6) is 0. The molecule has 0 heterocycles. The van der Waals surface area contributed by atoms with Gasteiger partial charge in [0.1, 0.15) is 0 Å². The van der Waals surface area contributed by atoms with E-state index >= 15 is 0 Å². The Bertz CT molecular complexity index is 298. The highest BCUT2D eigenvalue weighted by Crippen LogP contribution is 2.22. The fourth-order valence-corrected chi connectivity index (χ4v) is 4.62. The largest absolute Gasteiger partial charge is 0.0654 e. The van der Waals surface area contributed by atoms with Crippen LogP contribution in [-0.4, -0.2) is 0 Å². The van der Waals surface area contributed by atoms with Crippen molar-refractivity contribution >= 4 is 0 Å². The molecule has 0 unspecified atom stereocenters. The van der Waals surface area contributed by atoms with Crippen molar-refractivity contribution in [2.75, 3.05) is 0 Å². The monoisotopic (exact) mass is 422 g/mol. The summed E-state index contributed by atoms with van der Waals surface area (Å²) in [6, 6.07) is 0. The number of hydrogen-bond donors (Lipinski definition) is 0. The first-order chi connectivity index (χ1) is 14.6. The van der Waals surface area contributed by atoms with E-state index in [9.17, 15) is 0 Å². The van der Waals surface area contributed by atoms with Crippen molar-refractivity contribution in [1.82, 2.24) is 0 Å². The molecule has 0 radical (unpaired) electrons. The van der Waals surface area contributed by atoms with E-state index in [2.05, 4.69) is 27.7 Å². The molecule has 30 heavy (non-hydrogen) atoms. The van der Waals surface area contributed by atoms with Gasteiger partial charge in [0, 0.05) is 0 Å². The fraction of sp³-hybridized carbons (Fsp3) is 1.00. The van der Waals surface area contributed by atoms with Crippen molar-refractivity contribution in [1.29, 1.82) is 0 Å². The van der Waals surface area contributed by atoms with E-state index < -0.39 is 0 Å². The van der Waals surface area contributed by atoms with Crippen molar-refractivity contribution in [3.63, 3.8) is 0 Å². The maximum absolute atomic E-state index is 2.37. The molecule has 0 amide bonds. The summed E-state index contributed by atoms with van der Waals surface area (Å²) in [4.78, 5) is 0. The molecule has 0 saturated carbocycles. The molecule has 0 nitrogen and oxygen atoms in total. The van der Waals surface area contributed by atoms with Crippen LogP contribution in [0.15, 0.2) is 0 Å². The van der Waals surface area contributed by atoms with Gasteiger partial charge < -0.3 is 0 Å². The molecule has 0 aromatic rings. The third-order valence-electron chi connectivity index (χ3n) is 6.78. The van der Waals surface area contributed by atoms with E-state index in [0.29, 0.717) is 5.41 Å². The first-order valence-corrected chi connectivity index (χ1v) is 14.6. The van der Waals surface area contributed by atoms with Crippen LogP contribution in [0.25, 0.3) is 0 Å². The molecular formula is C30H62. The van der Waals surface area contributed by atoms with E-state index in [-0.39, 0.29) is 0 Å². The van der Waals surface area contributed by atoms with Crippen molar-refractivity contribution in [2.45, 2.75) is 188 Å². The maximum Gasteiger partial charge on any atom is -0.0383 e. The molecule has 0 aliphatic carbocycles. The van der Waals surface area contributed by atoms with Crippen LogP contribution in [0.3, 0.4) is 0 Å². The highest BCUT2D eigenvalue weighted by molar-refractivity contribution is 4.61. The van der Waals surface area contributed by atoms with Crippen LogP contribution in [0.4, 0.5) is 0 Å². The molecule has 0 aliphatic heterocycles. The van der Waals surface area contributed by atoms with Crippen molar-refractivity contribution in [2.24, 2.45) is 5.41 Å². The lowest BCUT2D eigenvalue weighted by Gasteiger charge is -2.17. The Balaban J connectivity index is 3.02. The third-order valence-corrected chi connectivity index (χ3v) is 6.78. The van der Waals surface area contributed by atoms with Gasteiger partial charge in [-0.2, -0.15) is 0 Å². The Morgan fingerprint density at radius 1 is 0.300 bits per heavy atom. The van der Waals surface area contributed by atoms with Gasteiger partial charge in [-0.15, -0.1) is 0 Å². The zero-order valence-corrected chi connectivity index (χ0v) is 22.2. The quantitative estimate of drug-likeness (QED) is 0.136. The van der Waals surface area contributed by atoms with Crippen molar-refractivity contribution < 1.29 is 0 Å². The van der Waals surface area contributed by atoms with E-state index in [1.54, 1.807) is 0 Å². The average Bonchev–Trinajstić information content (AvgIpc) is 2.70. The molecule has 0 heteroatoms. The van der Waals surface area contributed by atoms with Gasteiger partial charge >= 0.3 is 0 Å². The first-order valence-electron chi connectivity index (χ1n) is 14.6. The van der Waals surface area contributed by atoms with Gasteiger partial charge in [0.15, 0.2) is 0 Å². The standard InChI is InChI=1S/C30H62/c1-5-6-7-8-9-10-11-12-13-14-15-16-17-18-19-20-21-22-23-24-25-26-27-28-29-30(2,3)4/h5-29H2,1-4H3. The summed E-state index contributed by atoms with van der Waals surface area (Å²) in [5.41, 5.74) is 0.535. The second-order valence-electron chi connectivity index (χ2n) is 11.4. The minimum absolute atomic E-state index is 0.535. The van der Waals surface area contributed by atoms with Crippen LogP contribution in [0, 0.1) is 5.41 Å². The Morgan fingerprint density at radius 2 is 0.500 bits per heavy atom. The van der Waals surface area contributed by atoms with E-state index in [0.717, 1.165) is 0 Å². The van der Waals surface area contributed by atoms with Crippen LogP contribution in [-0.2, 0) is 0 Å². The molecule has 0 aromatic heterocycles. The molecule has 182 valence electrons. The van der Waals surface area contributed by atoms with Crippen LogP contribution >= 0.6 is 0 Å². The molecular weight excluding hydrogens is 360 g/mol. The molecule has 0 fully saturated rings. The summed E-state index contributed by atoms with van der Waals surface area (Å²) in [6.07, 6.45) is 36.8. The van der Waals surface area contributed by atoms with E-state index in [4.69, 9.17) is 0 Å². The molecule has 0 rings (SSSR count). The second kappa shape index (κ2) is 23.7.